The molecule has 6 rings (SSSR count). The molecule has 1 saturated heterocycles. The molecule has 1 aromatic heterocycles. The molecule has 10 nitrogen and oxygen atoms in total. The monoisotopic (exact) mass is 677 g/mol. The number of carbonyl (C=O) groups is 1. The summed E-state index contributed by atoms with van der Waals surface area (Å²) >= 11 is 5.54. The highest BCUT2D eigenvalue weighted by Gasteiger charge is 2.56. The zero-order valence-corrected chi connectivity index (χ0v) is 27.5. The summed E-state index contributed by atoms with van der Waals surface area (Å²) in [5.74, 6) is 0.167. The molecule has 0 spiro atoms. The average Bonchev–Trinajstić information content (AvgIpc) is 3.39. The largest absolute Gasteiger partial charge is 0.446 e. The van der Waals surface area contributed by atoms with Gasteiger partial charge in [-0.05, 0) is 48.4 Å². The molecule has 0 unspecified atom stereocenters. The number of thiocarbonyl (C=S) groups is 1. The molecule has 0 radical (unpaired) electrons. The van der Waals surface area contributed by atoms with E-state index in [2.05, 4.69) is 10.3 Å². The molecule has 1 N–H and O–H groups in total. The third-order valence-electron chi connectivity index (χ3n) is 7.90. The Kier molecular flexibility index (Phi) is 10.9. The molecule has 1 aliphatic rings. The standard InChI is InChI=1S/C38H35N3O7S/c1-38(26-44-24-27-14-6-2-7-15-27)33(45-25-28-16-8-3-9-17-28)32(47-37(49)46-30-20-12-5-13-21-30)35(48-38)41-23-22-31(40-36(41)43)39-34(42)29-18-10-4-11-19-29/h2-23,32-33,35H,24-26H2,1H3,(H,39,40,42,43)/t32-,33+,35-,38-/m1/s1. The Bertz CT molecular complexity index is 1900. The first kappa shape index (κ1) is 33.7. The van der Waals surface area contributed by atoms with E-state index in [1.807, 2.05) is 91.9 Å². The fraction of sp³-hybridized carbons (Fsp3) is 0.211. The number of para-hydroxylation sites is 1. The van der Waals surface area contributed by atoms with Crippen molar-refractivity contribution in [2.75, 3.05) is 11.9 Å². The number of aromatic nitrogens is 2. The van der Waals surface area contributed by atoms with E-state index in [0.717, 1.165) is 11.1 Å². The van der Waals surface area contributed by atoms with Crippen LogP contribution in [0.2, 0.25) is 0 Å². The minimum atomic E-state index is -1.12. The summed E-state index contributed by atoms with van der Waals surface area (Å²) in [4.78, 5) is 30.5. The van der Waals surface area contributed by atoms with Gasteiger partial charge in [-0.25, -0.2) is 4.79 Å². The van der Waals surface area contributed by atoms with Gasteiger partial charge in [-0.15, -0.1) is 0 Å². The van der Waals surface area contributed by atoms with Gasteiger partial charge in [0.25, 0.3) is 5.91 Å². The highest BCUT2D eigenvalue weighted by atomic mass is 32.1. The predicted octanol–water partition coefficient (Wildman–Crippen LogP) is 6.33. The van der Waals surface area contributed by atoms with E-state index in [-0.39, 0.29) is 24.3 Å². The molecule has 1 amide bonds. The molecule has 1 fully saturated rings. The number of nitrogens with one attached hydrogen (secondary N) is 1. The van der Waals surface area contributed by atoms with Crippen LogP contribution in [0.25, 0.3) is 0 Å². The number of anilines is 1. The average molecular weight is 678 g/mol. The Morgan fingerprint density at radius 3 is 2.08 bits per heavy atom. The lowest BCUT2D eigenvalue weighted by Gasteiger charge is -2.31. The van der Waals surface area contributed by atoms with Crippen molar-refractivity contribution >= 4 is 29.2 Å². The van der Waals surface area contributed by atoms with Gasteiger partial charge in [0.15, 0.2) is 12.3 Å². The number of amides is 1. The summed E-state index contributed by atoms with van der Waals surface area (Å²) in [5, 5.41) is 2.49. The van der Waals surface area contributed by atoms with Crippen LogP contribution in [0.4, 0.5) is 5.82 Å². The third kappa shape index (κ3) is 8.64. The molecule has 4 atom stereocenters. The van der Waals surface area contributed by atoms with Crippen LogP contribution in [-0.2, 0) is 32.2 Å². The van der Waals surface area contributed by atoms with E-state index in [0.29, 0.717) is 17.9 Å². The second kappa shape index (κ2) is 15.8. The topological polar surface area (TPSA) is 110 Å². The number of benzene rings is 4. The van der Waals surface area contributed by atoms with E-state index in [1.165, 1.54) is 16.8 Å². The van der Waals surface area contributed by atoms with Gasteiger partial charge in [-0.1, -0.05) is 97.1 Å². The van der Waals surface area contributed by atoms with Crippen molar-refractivity contribution in [3.63, 3.8) is 0 Å². The zero-order chi connectivity index (χ0) is 34.1. The van der Waals surface area contributed by atoms with E-state index >= 15 is 0 Å². The molecule has 49 heavy (non-hydrogen) atoms. The van der Waals surface area contributed by atoms with Crippen molar-refractivity contribution in [3.05, 3.63) is 161 Å². The van der Waals surface area contributed by atoms with Crippen LogP contribution in [0.15, 0.2) is 138 Å². The Hall–Kier alpha value is -5.20. The number of ether oxygens (including phenoxy) is 5. The molecule has 1 aliphatic heterocycles. The van der Waals surface area contributed by atoms with Crippen molar-refractivity contribution in [1.29, 1.82) is 0 Å². The third-order valence-corrected chi connectivity index (χ3v) is 8.08. The summed E-state index contributed by atoms with van der Waals surface area (Å²) in [5.41, 5.74) is 0.535. The second-order valence-electron chi connectivity index (χ2n) is 11.6. The summed E-state index contributed by atoms with van der Waals surface area (Å²) in [6.45, 7) is 2.49. The van der Waals surface area contributed by atoms with Crippen LogP contribution in [0, 0.1) is 0 Å². The number of nitrogens with zero attached hydrogens (tertiary/aromatic N) is 2. The van der Waals surface area contributed by atoms with Crippen molar-refractivity contribution in [3.8, 4) is 5.75 Å². The maximum Gasteiger partial charge on any atom is 0.358 e. The Morgan fingerprint density at radius 2 is 1.45 bits per heavy atom. The smallest absolute Gasteiger partial charge is 0.358 e. The molecule has 11 heteroatoms. The maximum absolute atomic E-state index is 13.6. The highest BCUT2D eigenvalue weighted by molar-refractivity contribution is 7.79. The lowest BCUT2D eigenvalue weighted by atomic mass is 9.97. The van der Waals surface area contributed by atoms with Gasteiger partial charge in [0, 0.05) is 24.0 Å². The minimum Gasteiger partial charge on any atom is -0.446 e. The number of hydrogen-bond donors (Lipinski definition) is 1. The Labute approximate surface area is 289 Å². The van der Waals surface area contributed by atoms with Crippen molar-refractivity contribution in [2.45, 2.75) is 44.2 Å². The van der Waals surface area contributed by atoms with Crippen molar-refractivity contribution in [1.82, 2.24) is 9.55 Å². The molecule has 5 aromatic rings. The Balaban J connectivity index is 1.30. The van der Waals surface area contributed by atoms with Crippen molar-refractivity contribution < 1.29 is 28.5 Å². The maximum atomic E-state index is 13.6. The first-order chi connectivity index (χ1) is 23.9. The van der Waals surface area contributed by atoms with Gasteiger partial charge < -0.3 is 29.0 Å². The first-order valence-electron chi connectivity index (χ1n) is 15.7. The van der Waals surface area contributed by atoms with Gasteiger partial charge in [0.1, 0.15) is 23.3 Å². The molecular formula is C38H35N3O7S. The number of hydrogen-bond acceptors (Lipinski definition) is 9. The molecule has 0 aliphatic carbocycles. The first-order valence-corrected chi connectivity index (χ1v) is 16.1. The van der Waals surface area contributed by atoms with Gasteiger partial charge in [0.2, 0.25) is 0 Å². The van der Waals surface area contributed by atoms with E-state index in [9.17, 15) is 9.59 Å². The number of rotatable bonds is 12. The second-order valence-corrected chi connectivity index (χ2v) is 11.9. The SMILES string of the molecule is C[C@]1(COCc2ccccc2)O[C@@H](n2ccc(NC(=O)c3ccccc3)nc2=O)[C@H](OC(=S)Oc2ccccc2)[C@@H]1OCc1ccccc1. The fourth-order valence-corrected chi connectivity index (χ4v) is 5.72. The van der Waals surface area contributed by atoms with E-state index in [4.69, 9.17) is 35.9 Å². The normalized spacial score (nSPS) is 20.0. The van der Waals surface area contributed by atoms with Gasteiger partial charge in [0.05, 0.1) is 19.8 Å². The molecule has 0 bridgehead atoms. The van der Waals surface area contributed by atoms with E-state index in [1.54, 1.807) is 36.4 Å². The lowest BCUT2D eigenvalue weighted by molar-refractivity contribution is -0.147. The molecule has 250 valence electrons. The quantitative estimate of drug-likeness (QED) is 0.152. The van der Waals surface area contributed by atoms with Crippen LogP contribution in [0.5, 0.6) is 5.75 Å². The van der Waals surface area contributed by atoms with Crippen LogP contribution < -0.4 is 15.7 Å². The predicted molar refractivity (Wildman–Crippen MR) is 187 cm³/mol. The summed E-state index contributed by atoms with van der Waals surface area (Å²) in [6.07, 6.45) is -1.35. The van der Waals surface area contributed by atoms with Crippen LogP contribution in [0.1, 0.15) is 34.6 Å². The minimum absolute atomic E-state index is 0.0827. The summed E-state index contributed by atoms with van der Waals surface area (Å²) < 4.78 is 32.8. The van der Waals surface area contributed by atoms with Crippen LogP contribution >= 0.6 is 12.2 Å². The lowest BCUT2D eigenvalue weighted by Crippen LogP contribution is -2.47. The summed E-state index contributed by atoms with van der Waals surface area (Å²) in [7, 11) is 0. The molecule has 0 saturated carbocycles. The molecular weight excluding hydrogens is 642 g/mol. The number of carbonyl (C=O) groups excluding carboxylic acids is 1. The molecule has 2 heterocycles. The van der Waals surface area contributed by atoms with Gasteiger partial charge >= 0.3 is 10.9 Å². The van der Waals surface area contributed by atoms with Crippen LogP contribution in [-0.4, -0.2) is 45.1 Å². The van der Waals surface area contributed by atoms with Crippen LogP contribution in [0.3, 0.4) is 0 Å². The van der Waals surface area contributed by atoms with Gasteiger partial charge in [-0.2, -0.15) is 4.98 Å². The summed E-state index contributed by atoms with van der Waals surface area (Å²) in [6, 6.07) is 38.6. The Morgan fingerprint density at radius 1 is 0.857 bits per heavy atom. The highest BCUT2D eigenvalue weighted by Crippen LogP contribution is 2.41. The van der Waals surface area contributed by atoms with Crippen molar-refractivity contribution in [2.24, 2.45) is 0 Å². The van der Waals surface area contributed by atoms with Gasteiger partial charge in [-0.3, -0.25) is 9.36 Å². The molecule has 4 aromatic carbocycles. The fourth-order valence-electron chi connectivity index (χ4n) is 5.51. The zero-order valence-electron chi connectivity index (χ0n) is 26.7. The van der Waals surface area contributed by atoms with E-state index < -0.39 is 35.6 Å².